The first-order valence-electron chi connectivity index (χ1n) is 5.32. The van der Waals surface area contributed by atoms with Gasteiger partial charge in [-0.25, -0.2) is 0 Å². The van der Waals surface area contributed by atoms with Gasteiger partial charge in [-0.1, -0.05) is 29.3 Å². The summed E-state index contributed by atoms with van der Waals surface area (Å²) in [5.74, 6) is 0. The van der Waals surface area contributed by atoms with Crippen LogP contribution in [0, 0.1) is 0 Å². The van der Waals surface area contributed by atoms with Crippen molar-refractivity contribution < 1.29 is 14.6 Å². The molecule has 0 aromatic heterocycles. The Hall–Kier alpha value is -0.320. The second-order valence-electron chi connectivity index (χ2n) is 3.63. The molecule has 0 aliphatic carbocycles. The van der Waals surface area contributed by atoms with Crippen molar-refractivity contribution in [3.63, 3.8) is 0 Å². The van der Waals surface area contributed by atoms with E-state index in [1.54, 1.807) is 25.3 Å². The van der Waals surface area contributed by atoms with Gasteiger partial charge in [0.15, 0.2) is 0 Å². The number of hydrogen-bond donors (Lipinski definition) is 1. The third-order valence-corrected chi connectivity index (χ3v) is 2.95. The Morgan fingerprint density at radius 3 is 2.47 bits per heavy atom. The average molecular weight is 279 g/mol. The van der Waals surface area contributed by atoms with Gasteiger partial charge in [-0.15, -0.1) is 0 Å². The summed E-state index contributed by atoms with van der Waals surface area (Å²) in [7, 11) is 1.60. The molecule has 17 heavy (non-hydrogen) atoms. The molecule has 0 fully saturated rings. The molecule has 0 radical (unpaired) electrons. The fraction of sp³-hybridized carbons (Fsp3) is 0.500. The van der Waals surface area contributed by atoms with Gasteiger partial charge in [0.1, 0.15) is 0 Å². The van der Waals surface area contributed by atoms with Gasteiger partial charge in [-0.05, 0) is 17.7 Å². The Labute approximate surface area is 111 Å². The number of halogens is 2. The highest BCUT2D eigenvalue weighted by molar-refractivity contribution is 6.35. The minimum Gasteiger partial charge on any atom is -0.390 e. The van der Waals surface area contributed by atoms with Gasteiger partial charge in [-0.2, -0.15) is 0 Å². The van der Waals surface area contributed by atoms with Crippen LogP contribution in [-0.4, -0.2) is 38.1 Å². The molecule has 0 spiro atoms. The van der Waals surface area contributed by atoms with E-state index in [0.717, 1.165) is 5.56 Å². The highest BCUT2D eigenvalue weighted by atomic mass is 35.5. The molecule has 1 aromatic rings. The molecule has 0 saturated carbocycles. The molecule has 5 heteroatoms. The maximum Gasteiger partial charge on any atom is 0.0814 e. The van der Waals surface area contributed by atoms with E-state index < -0.39 is 6.10 Å². The summed E-state index contributed by atoms with van der Waals surface area (Å²) in [5, 5.41) is 10.9. The fourth-order valence-electron chi connectivity index (χ4n) is 1.38. The van der Waals surface area contributed by atoms with Crippen LogP contribution in [0.25, 0.3) is 0 Å². The van der Waals surface area contributed by atoms with Gasteiger partial charge in [-0.3, -0.25) is 0 Å². The van der Waals surface area contributed by atoms with Gasteiger partial charge in [0.2, 0.25) is 0 Å². The second kappa shape index (κ2) is 7.90. The van der Waals surface area contributed by atoms with E-state index in [1.165, 1.54) is 0 Å². The summed E-state index contributed by atoms with van der Waals surface area (Å²) in [6, 6.07) is 5.28. The molecule has 0 heterocycles. The van der Waals surface area contributed by atoms with Crippen molar-refractivity contribution >= 4 is 23.2 Å². The van der Waals surface area contributed by atoms with E-state index in [-0.39, 0.29) is 6.61 Å². The van der Waals surface area contributed by atoms with Crippen LogP contribution in [0.2, 0.25) is 10.0 Å². The third-order valence-electron chi connectivity index (χ3n) is 2.24. The molecule has 3 nitrogen and oxygen atoms in total. The predicted molar refractivity (Wildman–Crippen MR) is 68.9 cm³/mol. The lowest BCUT2D eigenvalue weighted by Crippen LogP contribution is -2.20. The Morgan fingerprint density at radius 2 is 1.88 bits per heavy atom. The number of ether oxygens (including phenoxy) is 2. The van der Waals surface area contributed by atoms with Gasteiger partial charge >= 0.3 is 0 Å². The van der Waals surface area contributed by atoms with Crippen molar-refractivity contribution in [2.24, 2.45) is 0 Å². The number of aliphatic hydroxyl groups excluding tert-OH is 1. The minimum absolute atomic E-state index is 0.241. The molecule has 1 rings (SSSR count). The Kier molecular flexibility index (Phi) is 6.85. The van der Waals surface area contributed by atoms with Crippen molar-refractivity contribution in [3.8, 4) is 0 Å². The molecule has 0 saturated heterocycles. The van der Waals surface area contributed by atoms with Crippen LogP contribution in [0.4, 0.5) is 0 Å². The molecule has 1 atom stereocenters. The van der Waals surface area contributed by atoms with E-state index in [2.05, 4.69) is 0 Å². The zero-order valence-corrected chi connectivity index (χ0v) is 11.2. The molecular formula is C12H16Cl2O3. The van der Waals surface area contributed by atoms with Crippen LogP contribution in [0.1, 0.15) is 5.56 Å². The summed E-state index contributed by atoms with van der Waals surface area (Å²) in [6.07, 6.45) is -0.241. The minimum atomic E-state index is -0.621. The normalized spacial score (nSPS) is 12.7. The van der Waals surface area contributed by atoms with Crippen molar-refractivity contribution in [1.29, 1.82) is 0 Å². The quantitative estimate of drug-likeness (QED) is 0.780. The molecule has 0 amide bonds. The van der Waals surface area contributed by atoms with E-state index in [4.69, 9.17) is 32.7 Å². The maximum atomic E-state index is 9.77. The Morgan fingerprint density at radius 1 is 1.24 bits per heavy atom. The van der Waals surface area contributed by atoms with E-state index in [9.17, 15) is 5.11 Å². The summed E-state index contributed by atoms with van der Waals surface area (Å²) in [4.78, 5) is 0. The maximum absolute atomic E-state index is 9.77. The Balaban J connectivity index is 2.42. The molecule has 1 aromatic carbocycles. The lowest BCUT2D eigenvalue weighted by molar-refractivity contribution is 0.0137. The average Bonchev–Trinajstić information content (AvgIpc) is 2.30. The van der Waals surface area contributed by atoms with Gasteiger partial charge in [0.05, 0.1) is 25.9 Å². The van der Waals surface area contributed by atoms with Gasteiger partial charge < -0.3 is 14.6 Å². The van der Waals surface area contributed by atoms with Crippen LogP contribution in [0.3, 0.4) is 0 Å². The highest BCUT2D eigenvalue weighted by Crippen LogP contribution is 2.25. The molecule has 0 aliphatic rings. The van der Waals surface area contributed by atoms with E-state index in [0.29, 0.717) is 29.7 Å². The smallest absolute Gasteiger partial charge is 0.0814 e. The largest absolute Gasteiger partial charge is 0.390 e. The lowest BCUT2D eigenvalue weighted by atomic mass is 10.1. The standard InChI is InChI=1S/C12H16Cl2O3/c1-16-5-6-17-8-9(15)7-10-11(13)3-2-4-12(10)14/h2-4,9,15H,5-8H2,1H3. The number of rotatable bonds is 7. The van der Waals surface area contributed by atoms with Gasteiger partial charge in [0, 0.05) is 23.6 Å². The summed E-state index contributed by atoms with van der Waals surface area (Å²) >= 11 is 12.0. The summed E-state index contributed by atoms with van der Waals surface area (Å²) in [6.45, 7) is 1.22. The monoisotopic (exact) mass is 278 g/mol. The molecule has 0 bridgehead atoms. The first-order chi connectivity index (χ1) is 8.15. The topological polar surface area (TPSA) is 38.7 Å². The van der Waals surface area contributed by atoms with E-state index in [1.807, 2.05) is 0 Å². The molecule has 1 unspecified atom stereocenters. The first-order valence-corrected chi connectivity index (χ1v) is 6.08. The number of benzene rings is 1. The molecule has 1 N–H and O–H groups in total. The first kappa shape index (κ1) is 14.7. The zero-order chi connectivity index (χ0) is 12.7. The van der Waals surface area contributed by atoms with E-state index >= 15 is 0 Å². The lowest BCUT2D eigenvalue weighted by Gasteiger charge is -2.13. The number of methoxy groups -OCH3 is 1. The Bertz CT molecular complexity index is 324. The fourth-order valence-corrected chi connectivity index (χ4v) is 1.94. The molecular weight excluding hydrogens is 263 g/mol. The van der Waals surface area contributed by atoms with Crippen LogP contribution in [0.5, 0.6) is 0 Å². The van der Waals surface area contributed by atoms with Crippen molar-refractivity contribution in [2.45, 2.75) is 12.5 Å². The molecule has 96 valence electrons. The third kappa shape index (κ3) is 5.23. The summed E-state index contributed by atoms with van der Waals surface area (Å²) < 4.78 is 10.1. The molecule has 0 aliphatic heterocycles. The zero-order valence-electron chi connectivity index (χ0n) is 9.66. The predicted octanol–water partition coefficient (Wildman–Crippen LogP) is 2.56. The van der Waals surface area contributed by atoms with Crippen LogP contribution < -0.4 is 0 Å². The highest BCUT2D eigenvalue weighted by Gasteiger charge is 2.11. The second-order valence-corrected chi connectivity index (χ2v) is 4.44. The number of hydrogen-bond acceptors (Lipinski definition) is 3. The SMILES string of the molecule is COCCOCC(O)Cc1c(Cl)cccc1Cl. The van der Waals surface area contributed by atoms with Crippen molar-refractivity contribution in [3.05, 3.63) is 33.8 Å². The van der Waals surface area contributed by atoms with Crippen LogP contribution in [0.15, 0.2) is 18.2 Å². The van der Waals surface area contributed by atoms with Crippen molar-refractivity contribution in [2.75, 3.05) is 26.9 Å². The van der Waals surface area contributed by atoms with Gasteiger partial charge in [0.25, 0.3) is 0 Å². The van der Waals surface area contributed by atoms with Crippen LogP contribution in [-0.2, 0) is 15.9 Å². The summed E-state index contributed by atoms with van der Waals surface area (Å²) in [5.41, 5.74) is 0.749. The van der Waals surface area contributed by atoms with Crippen molar-refractivity contribution in [1.82, 2.24) is 0 Å². The van der Waals surface area contributed by atoms with Crippen LogP contribution >= 0.6 is 23.2 Å². The number of aliphatic hydroxyl groups is 1.